The minimum Gasteiger partial charge on any atom is -0.481 e. The molecule has 2 N–H and O–H groups in total. The van der Waals surface area contributed by atoms with Crippen LogP contribution in [0.25, 0.3) is 0 Å². The number of carboxylic acid groups (broad SMARTS) is 1. The molecule has 0 saturated heterocycles. The maximum Gasteiger partial charge on any atom is 0.312 e. The van der Waals surface area contributed by atoms with Gasteiger partial charge >= 0.3 is 5.97 Å². The van der Waals surface area contributed by atoms with Crippen molar-refractivity contribution in [3.8, 4) is 0 Å². The largest absolute Gasteiger partial charge is 0.481 e. The first kappa shape index (κ1) is 11.9. The van der Waals surface area contributed by atoms with Gasteiger partial charge < -0.3 is 15.1 Å². The Balaban J connectivity index is 2.25. The monoisotopic (exact) mass is 235 g/mol. The van der Waals surface area contributed by atoms with Gasteiger partial charge in [-0.3, -0.25) is 4.79 Å². The lowest BCUT2D eigenvalue weighted by Crippen LogP contribution is -2.32. The Morgan fingerprint density at radius 2 is 2.24 bits per heavy atom. The molecule has 17 heavy (non-hydrogen) atoms. The Hall–Kier alpha value is -1.55. The van der Waals surface area contributed by atoms with Crippen LogP contribution in [-0.4, -0.2) is 35.4 Å². The molecule has 0 radical (unpaired) electrons. The van der Waals surface area contributed by atoms with Gasteiger partial charge in [-0.1, -0.05) is 25.1 Å². The lowest BCUT2D eigenvalue weighted by Gasteiger charge is -2.22. The van der Waals surface area contributed by atoms with Crippen LogP contribution in [0.15, 0.2) is 24.3 Å². The van der Waals surface area contributed by atoms with Gasteiger partial charge in [-0.05, 0) is 18.1 Å². The van der Waals surface area contributed by atoms with Crippen LogP contribution in [0.5, 0.6) is 0 Å². The van der Waals surface area contributed by atoms with Gasteiger partial charge in [0.25, 0.3) is 0 Å². The van der Waals surface area contributed by atoms with Crippen LogP contribution in [0.1, 0.15) is 24.8 Å². The Kier molecular flexibility index (Phi) is 3.33. The summed E-state index contributed by atoms with van der Waals surface area (Å²) >= 11 is 0. The molecule has 4 heteroatoms. The first-order chi connectivity index (χ1) is 8.13. The van der Waals surface area contributed by atoms with Gasteiger partial charge in [0.2, 0.25) is 0 Å². The summed E-state index contributed by atoms with van der Waals surface area (Å²) < 4.78 is 0. The summed E-state index contributed by atoms with van der Waals surface area (Å²) in [4.78, 5) is 13.1. The fourth-order valence-corrected chi connectivity index (χ4v) is 2.25. The van der Waals surface area contributed by atoms with Crippen LogP contribution in [0.3, 0.4) is 0 Å². The number of aliphatic hydroxyl groups is 1. The van der Waals surface area contributed by atoms with Gasteiger partial charge in [0, 0.05) is 18.8 Å². The van der Waals surface area contributed by atoms with Crippen molar-refractivity contribution < 1.29 is 15.0 Å². The van der Waals surface area contributed by atoms with Crippen molar-refractivity contribution in [2.75, 3.05) is 18.0 Å². The summed E-state index contributed by atoms with van der Waals surface area (Å²) in [5.74, 6) is -1.28. The average Bonchev–Trinajstić information content (AvgIpc) is 2.68. The third-order valence-corrected chi connectivity index (χ3v) is 3.26. The van der Waals surface area contributed by atoms with E-state index < -0.39 is 18.0 Å². The second kappa shape index (κ2) is 4.75. The van der Waals surface area contributed by atoms with Crippen LogP contribution >= 0.6 is 0 Å². The standard InChI is InChI=1S/C13H17NO3/c1-2-9(15)7-14-8-11(13(16)17)10-5-3-4-6-12(10)14/h3-6,9,11,15H,2,7-8H2,1H3,(H,16,17). The van der Waals surface area contributed by atoms with E-state index in [4.69, 9.17) is 0 Å². The Labute approximate surface area is 100 Å². The van der Waals surface area contributed by atoms with Gasteiger partial charge in [-0.2, -0.15) is 0 Å². The first-order valence-electron chi connectivity index (χ1n) is 5.88. The third-order valence-electron chi connectivity index (χ3n) is 3.26. The highest BCUT2D eigenvalue weighted by Gasteiger charge is 2.33. The molecule has 1 heterocycles. The number of carbonyl (C=O) groups is 1. The van der Waals surface area contributed by atoms with Crippen LogP contribution in [-0.2, 0) is 4.79 Å². The van der Waals surface area contributed by atoms with Crippen LogP contribution in [0.4, 0.5) is 5.69 Å². The number of rotatable bonds is 4. The molecule has 4 nitrogen and oxygen atoms in total. The number of fused-ring (bicyclic) bond motifs is 1. The zero-order chi connectivity index (χ0) is 12.4. The number of carboxylic acids is 1. The molecule has 1 aromatic rings. The lowest BCUT2D eigenvalue weighted by atomic mass is 10.0. The fourth-order valence-electron chi connectivity index (χ4n) is 2.25. The minimum absolute atomic E-state index is 0.407. The third kappa shape index (κ3) is 2.26. The van der Waals surface area contributed by atoms with E-state index in [-0.39, 0.29) is 0 Å². The predicted molar refractivity (Wildman–Crippen MR) is 65.3 cm³/mol. The lowest BCUT2D eigenvalue weighted by molar-refractivity contribution is -0.138. The van der Waals surface area contributed by atoms with E-state index in [1.165, 1.54) is 0 Å². The zero-order valence-corrected chi connectivity index (χ0v) is 9.84. The predicted octanol–water partition coefficient (Wildman–Crippen LogP) is 1.45. The van der Waals surface area contributed by atoms with E-state index in [2.05, 4.69) is 0 Å². The summed E-state index contributed by atoms with van der Waals surface area (Å²) in [7, 11) is 0. The topological polar surface area (TPSA) is 60.8 Å². The van der Waals surface area contributed by atoms with Gasteiger partial charge in [0.05, 0.1) is 6.10 Å². The molecule has 0 aromatic heterocycles. The number of benzene rings is 1. The molecule has 2 rings (SSSR count). The van der Waals surface area contributed by atoms with Crippen LogP contribution in [0.2, 0.25) is 0 Å². The number of aliphatic carboxylic acids is 1. The Morgan fingerprint density at radius 3 is 2.88 bits per heavy atom. The molecular weight excluding hydrogens is 218 g/mol. The molecule has 0 aliphatic carbocycles. The second-order valence-electron chi connectivity index (χ2n) is 4.42. The summed E-state index contributed by atoms with van der Waals surface area (Å²) in [6.45, 7) is 2.87. The van der Waals surface area contributed by atoms with Crippen molar-refractivity contribution in [3.05, 3.63) is 29.8 Å². The first-order valence-corrected chi connectivity index (χ1v) is 5.88. The SMILES string of the molecule is CCC(O)CN1CC(C(=O)O)c2ccccc21. The molecule has 0 amide bonds. The Morgan fingerprint density at radius 1 is 1.53 bits per heavy atom. The molecule has 1 aromatic carbocycles. The number of aliphatic hydroxyl groups excluding tert-OH is 1. The number of β-amino-alcohol motifs (C(OH)–C–C–N with tert-alkyl or cyclic N) is 1. The van der Waals surface area contributed by atoms with E-state index in [0.717, 1.165) is 11.3 Å². The van der Waals surface area contributed by atoms with Gasteiger partial charge in [-0.15, -0.1) is 0 Å². The number of nitrogens with zero attached hydrogens (tertiary/aromatic N) is 1. The molecule has 1 aliphatic heterocycles. The normalized spacial score (nSPS) is 20.1. The molecule has 1 aliphatic rings. The highest BCUT2D eigenvalue weighted by molar-refractivity contribution is 5.82. The molecule has 0 spiro atoms. The molecule has 2 unspecified atom stereocenters. The van der Waals surface area contributed by atoms with Crippen LogP contribution < -0.4 is 4.90 Å². The quantitative estimate of drug-likeness (QED) is 0.829. The number of para-hydroxylation sites is 1. The maximum absolute atomic E-state index is 11.2. The molecule has 2 atom stereocenters. The van der Waals surface area contributed by atoms with Crippen molar-refractivity contribution in [3.63, 3.8) is 0 Å². The number of hydrogen-bond donors (Lipinski definition) is 2. The molecular formula is C13H17NO3. The van der Waals surface area contributed by atoms with Crippen molar-refractivity contribution in [2.24, 2.45) is 0 Å². The number of hydrogen-bond acceptors (Lipinski definition) is 3. The van der Waals surface area contributed by atoms with Crippen LogP contribution in [0, 0.1) is 0 Å². The molecule has 92 valence electrons. The summed E-state index contributed by atoms with van der Waals surface area (Å²) in [5, 5.41) is 18.9. The van der Waals surface area contributed by atoms with Gasteiger partial charge in [0.1, 0.15) is 5.92 Å². The van der Waals surface area contributed by atoms with Crippen molar-refractivity contribution >= 4 is 11.7 Å². The minimum atomic E-state index is -0.800. The Bertz CT molecular complexity index is 419. The summed E-state index contributed by atoms with van der Waals surface area (Å²) in [6, 6.07) is 7.52. The highest BCUT2D eigenvalue weighted by Crippen LogP contribution is 2.36. The van der Waals surface area contributed by atoms with Gasteiger partial charge in [-0.25, -0.2) is 0 Å². The van der Waals surface area contributed by atoms with E-state index in [9.17, 15) is 15.0 Å². The number of anilines is 1. The van der Waals surface area contributed by atoms with E-state index in [1.54, 1.807) is 0 Å². The fraction of sp³-hybridized carbons (Fsp3) is 0.462. The van der Waals surface area contributed by atoms with Crippen molar-refractivity contribution in [1.82, 2.24) is 0 Å². The molecule has 0 saturated carbocycles. The van der Waals surface area contributed by atoms with Gasteiger partial charge in [0.15, 0.2) is 0 Å². The van der Waals surface area contributed by atoms with E-state index in [0.29, 0.717) is 19.5 Å². The van der Waals surface area contributed by atoms with Crippen molar-refractivity contribution in [1.29, 1.82) is 0 Å². The second-order valence-corrected chi connectivity index (χ2v) is 4.42. The summed E-state index contributed by atoms with van der Waals surface area (Å²) in [6.07, 6.45) is 0.270. The van der Waals surface area contributed by atoms with E-state index >= 15 is 0 Å². The zero-order valence-electron chi connectivity index (χ0n) is 9.84. The molecule has 0 fully saturated rings. The highest BCUT2D eigenvalue weighted by atomic mass is 16.4. The van der Waals surface area contributed by atoms with E-state index in [1.807, 2.05) is 36.1 Å². The molecule has 0 bridgehead atoms. The summed E-state index contributed by atoms with van der Waals surface area (Å²) in [5.41, 5.74) is 1.79. The van der Waals surface area contributed by atoms with Crippen molar-refractivity contribution in [2.45, 2.75) is 25.4 Å². The maximum atomic E-state index is 11.2. The average molecular weight is 235 g/mol. The smallest absolute Gasteiger partial charge is 0.312 e.